The van der Waals surface area contributed by atoms with Gasteiger partial charge in [0.25, 0.3) is 11.8 Å². The Balaban J connectivity index is 1.34. The molecule has 1 aliphatic rings. The van der Waals surface area contributed by atoms with Crippen LogP contribution in [0.5, 0.6) is 0 Å². The summed E-state index contributed by atoms with van der Waals surface area (Å²) < 4.78 is 13.8. The fourth-order valence-electron chi connectivity index (χ4n) is 3.70. The topological polar surface area (TPSA) is 104 Å². The van der Waals surface area contributed by atoms with Crippen molar-refractivity contribution in [3.05, 3.63) is 75.5 Å². The van der Waals surface area contributed by atoms with Crippen LogP contribution < -0.4 is 10.6 Å². The third-order valence-corrected chi connectivity index (χ3v) is 6.51. The Kier molecular flexibility index (Phi) is 7.27. The Labute approximate surface area is 200 Å². The minimum absolute atomic E-state index is 0.0834. The van der Waals surface area contributed by atoms with Crippen molar-refractivity contribution >= 4 is 34.7 Å². The molecule has 3 aromatic rings. The van der Waals surface area contributed by atoms with Gasteiger partial charge in [-0.3, -0.25) is 14.4 Å². The second-order valence-corrected chi connectivity index (χ2v) is 9.11. The number of nitrogens with zero attached hydrogens (tertiary/aromatic N) is 3. The molecule has 1 aromatic heterocycles. The highest BCUT2D eigenvalue weighted by Gasteiger charge is 2.31. The molecule has 0 radical (unpaired) electrons. The van der Waals surface area contributed by atoms with Crippen molar-refractivity contribution < 1.29 is 18.8 Å². The summed E-state index contributed by atoms with van der Waals surface area (Å²) in [6.45, 7) is 2.75. The average molecular weight is 482 g/mol. The van der Waals surface area contributed by atoms with E-state index in [1.807, 2.05) is 19.1 Å². The molecule has 0 spiro atoms. The van der Waals surface area contributed by atoms with Crippen molar-refractivity contribution in [3.8, 4) is 0 Å². The molecule has 2 N–H and O–H groups in total. The highest BCUT2D eigenvalue weighted by Crippen LogP contribution is 2.21. The molecule has 0 unspecified atom stereocenters. The first-order chi connectivity index (χ1) is 16.4. The van der Waals surface area contributed by atoms with Crippen molar-refractivity contribution in [2.24, 2.45) is 5.92 Å². The first-order valence-electron chi connectivity index (χ1n) is 10.9. The Morgan fingerprint density at radius 2 is 1.82 bits per heavy atom. The van der Waals surface area contributed by atoms with Crippen molar-refractivity contribution in [3.63, 3.8) is 0 Å². The first-order valence-corrected chi connectivity index (χ1v) is 11.7. The number of aromatic nitrogens is 2. The SMILES string of the molecule is Cc1ccc(NC(=O)c2nnc(C(=O)N3CCC[C@H](C(=O)NCc4ccccc4F)C3)s2)cc1. The molecule has 1 aliphatic heterocycles. The van der Waals surface area contributed by atoms with Crippen molar-refractivity contribution in [1.82, 2.24) is 20.4 Å². The van der Waals surface area contributed by atoms with Crippen LogP contribution in [0.3, 0.4) is 0 Å². The molecule has 2 aromatic carbocycles. The third-order valence-electron chi connectivity index (χ3n) is 5.60. The predicted octanol–water partition coefficient (Wildman–Crippen LogP) is 3.41. The molecule has 1 saturated heterocycles. The van der Waals surface area contributed by atoms with Gasteiger partial charge >= 0.3 is 0 Å². The highest BCUT2D eigenvalue weighted by molar-refractivity contribution is 7.15. The average Bonchev–Trinajstić information content (AvgIpc) is 3.35. The molecule has 10 heteroatoms. The number of hydrogen-bond acceptors (Lipinski definition) is 6. The van der Waals surface area contributed by atoms with Crippen LogP contribution in [0.25, 0.3) is 0 Å². The van der Waals surface area contributed by atoms with Gasteiger partial charge in [-0.05, 0) is 38.0 Å². The van der Waals surface area contributed by atoms with E-state index in [1.54, 1.807) is 35.2 Å². The lowest BCUT2D eigenvalue weighted by Crippen LogP contribution is -2.45. The minimum atomic E-state index is -0.440. The summed E-state index contributed by atoms with van der Waals surface area (Å²) in [4.78, 5) is 39.6. The Hall–Kier alpha value is -3.66. The first kappa shape index (κ1) is 23.5. The lowest BCUT2D eigenvalue weighted by atomic mass is 9.97. The number of amides is 3. The number of carbonyl (C=O) groups excluding carboxylic acids is 3. The number of halogens is 1. The zero-order valence-corrected chi connectivity index (χ0v) is 19.4. The van der Waals surface area contributed by atoms with Gasteiger partial charge in [0.1, 0.15) is 5.82 Å². The molecular weight excluding hydrogens is 457 g/mol. The second-order valence-electron chi connectivity index (χ2n) is 8.13. The van der Waals surface area contributed by atoms with Gasteiger partial charge in [0.05, 0.1) is 5.92 Å². The van der Waals surface area contributed by atoms with Crippen LogP contribution in [-0.4, -0.2) is 45.9 Å². The largest absolute Gasteiger partial charge is 0.352 e. The summed E-state index contributed by atoms with van der Waals surface area (Å²) >= 11 is 0.916. The second kappa shape index (κ2) is 10.5. The van der Waals surface area contributed by atoms with Gasteiger partial charge in [0.2, 0.25) is 15.9 Å². The number of hydrogen-bond donors (Lipinski definition) is 2. The maximum Gasteiger partial charge on any atom is 0.286 e. The fourth-order valence-corrected chi connectivity index (χ4v) is 4.41. The van der Waals surface area contributed by atoms with Gasteiger partial charge in [-0.25, -0.2) is 4.39 Å². The van der Waals surface area contributed by atoms with E-state index in [9.17, 15) is 18.8 Å². The van der Waals surface area contributed by atoms with Crippen LogP contribution in [-0.2, 0) is 11.3 Å². The lowest BCUT2D eigenvalue weighted by Gasteiger charge is -2.31. The van der Waals surface area contributed by atoms with Crippen molar-refractivity contribution in [2.75, 3.05) is 18.4 Å². The van der Waals surface area contributed by atoms with Crippen LogP contribution in [0.2, 0.25) is 0 Å². The van der Waals surface area contributed by atoms with Gasteiger partial charge in [-0.1, -0.05) is 47.2 Å². The molecule has 1 atom stereocenters. The van der Waals surface area contributed by atoms with E-state index < -0.39 is 11.8 Å². The van der Waals surface area contributed by atoms with E-state index in [0.717, 1.165) is 16.9 Å². The molecule has 34 heavy (non-hydrogen) atoms. The number of carbonyl (C=O) groups is 3. The molecule has 176 valence electrons. The molecule has 4 rings (SSSR count). The number of anilines is 1. The number of aryl methyl sites for hydroxylation is 1. The van der Waals surface area contributed by atoms with E-state index >= 15 is 0 Å². The summed E-state index contributed by atoms with van der Waals surface area (Å²) in [5, 5.41) is 13.4. The Morgan fingerprint density at radius 3 is 2.59 bits per heavy atom. The summed E-state index contributed by atoms with van der Waals surface area (Å²) in [5.74, 6) is -1.80. The maximum absolute atomic E-state index is 13.8. The quantitative estimate of drug-likeness (QED) is 0.562. The zero-order valence-electron chi connectivity index (χ0n) is 18.6. The van der Waals surface area contributed by atoms with E-state index in [-0.39, 0.29) is 40.7 Å². The van der Waals surface area contributed by atoms with Gasteiger partial charge in [-0.2, -0.15) is 0 Å². The fraction of sp³-hybridized carbons (Fsp3) is 0.292. The smallest absolute Gasteiger partial charge is 0.286 e. The van der Waals surface area contributed by atoms with Crippen LogP contribution in [0.4, 0.5) is 10.1 Å². The van der Waals surface area contributed by atoms with Crippen molar-refractivity contribution in [2.45, 2.75) is 26.3 Å². The third kappa shape index (κ3) is 5.63. The monoisotopic (exact) mass is 481 g/mol. The molecule has 3 amide bonds. The zero-order chi connectivity index (χ0) is 24.1. The highest BCUT2D eigenvalue weighted by atomic mass is 32.1. The van der Waals surface area contributed by atoms with E-state index in [0.29, 0.717) is 30.6 Å². The number of benzene rings is 2. The Morgan fingerprint density at radius 1 is 1.09 bits per heavy atom. The van der Waals surface area contributed by atoms with Crippen LogP contribution >= 0.6 is 11.3 Å². The van der Waals surface area contributed by atoms with Gasteiger partial charge in [0.15, 0.2) is 0 Å². The van der Waals surface area contributed by atoms with Crippen molar-refractivity contribution in [1.29, 1.82) is 0 Å². The van der Waals surface area contributed by atoms with Crippen LogP contribution in [0.1, 0.15) is 43.6 Å². The number of nitrogens with one attached hydrogen (secondary N) is 2. The summed E-state index contributed by atoms with van der Waals surface area (Å²) in [6, 6.07) is 13.6. The molecule has 2 heterocycles. The number of likely N-dealkylation sites (tertiary alicyclic amines) is 1. The molecule has 0 saturated carbocycles. The molecular formula is C24H24FN5O3S. The standard InChI is InChI=1S/C24H24FN5O3S/c1-15-8-10-18(11-9-15)27-21(32)22-28-29-23(34-22)24(33)30-12-4-6-17(14-30)20(31)26-13-16-5-2-3-7-19(16)25/h2-3,5,7-11,17H,4,6,12-14H2,1H3,(H,26,31)(H,27,32)/t17-/m0/s1. The normalized spacial score (nSPS) is 15.6. The van der Waals surface area contributed by atoms with Gasteiger partial charge < -0.3 is 15.5 Å². The Bertz CT molecular complexity index is 1200. The van der Waals surface area contributed by atoms with E-state index in [4.69, 9.17) is 0 Å². The molecule has 0 aliphatic carbocycles. The number of rotatable bonds is 6. The van der Waals surface area contributed by atoms with Gasteiger partial charge in [0, 0.05) is 30.9 Å². The van der Waals surface area contributed by atoms with E-state index in [2.05, 4.69) is 20.8 Å². The number of piperidine rings is 1. The molecule has 8 nitrogen and oxygen atoms in total. The van der Waals surface area contributed by atoms with Crippen LogP contribution in [0, 0.1) is 18.7 Å². The maximum atomic E-state index is 13.8. The van der Waals surface area contributed by atoms with Crippen LogP contribution in [0.15, 0.2) is 48.5 Å². The van der Waals surface area contributed by atoms with E-state index in [1.165, 1.54) is 6.07 Å². The predicted molar refractivity (Wildman–Crippen MR) is 126 cm³/mol. The van der Waals surface area contributed by atoms with Gasteiger partial charge in [-0.15, -0.1) is 10.2 Å². The summed E-state index contributed by atoms with van der Waals surface area (Å²) in [5.41, 5.74) is 2.10. The lowest BCUT2D eigenvalue weighted by molar-refractivity contribution is -0.126. The summed E-state index contributed by atoms with van der Waals surface area (Å²) in [6.07, 6.45) is 1.29. The molecule has 1 fully saturated rings. The summed E-state index contributed by atoms with van der Waals surface area (Å²) in [7, 11) is 0. The minimum Gasteiger partial charge on any atom is -0.352 e. The molecule has 0 bridgehead atoms.